The van der Waals surface area contributed by atoms with Crippen molar-refractivity contribution in [2.75, 3.05) is 6.54 Å². The van der Waals surface area contributed by atoms with E-state index >= 15 is 0 Å². The number of fused-ring (bicyclic) bond motifs is 1. The Hall–Kier alpha value is -0.860. The Labute approximate surface area is 122 Å². The van der Waals surface area contributed by atoms with Gasteiger partial charge in [-0.25, -0.2) is 0 Å². The van der Waals surface area contributed by atoms with Gasteiger partial charge in [-0.1, -0.05) is 51.0 Å². The van der Waals surface area contributed by atoms with Crippen LogP contribution in [0.2, 0.25) is 0 Å². The highest BCUT2D eigenvalue weighted by Gasteiger charge is 2.34. The molecule has 0 aliphatic heterocycles. The molecule has 0 saturated heterocycles. The third kappa shape index (κ3) is 2.91. The topological polar surface area (TPSA) is 21.3 Å². The van der Waals surface area contributed by atoms with Crippen LogP contribution in [-0.2, 0) is 11.2 Å². The van der Waals surface area contributed by atoms with Gasteiger partial charge in [-0.3, -0.25) is 0 Å². The fraction of sp³-hybridized carbons (Fsp3) is 0.667. The van der Waals surface area contributed by atoms with E-state index in [9.17, 15) is 0 Å². The summed E-state index contributed by atoms with van der Waals surface area (Å²) in [7, 11) is 0. The van der Waals surface area contributed by atoms with Gasteiger partial charge in [0.1, 0.15) is 0 Å². The first-order valence-corrected chi connectivity index (χ1v) is 8.24. The zero-order valence-electron chi connectivity index (χ0n) is 12.8. The predicted octanol–water partition coefficient (Wildman–Crippen LogP) is 3.86. The van der Waals surface area contributed by atoms with Crippen molar-refractivity contribution in [3.05, 3.63) is 35.4 Å². The molecule has 20 heavy (non-hydrogen) atoms. The highest BCUT2D eigenvalue weighted by Crippen LogP contribution is 2.36. The Morgan fingerprint density at radius 3 is 2.90 bits per heavy atom. The van der Waals surface area contributed by atoms with Gasteiger partial charge in [0.25, 0.3) is 0 Å². The van der Waals surface area contributed by atoms with Crippen molar-refractivity contribution in [2.45, 2.75) is 64.2 Å². The second kappa shape index (κ2) is 6.28. The van der Waals surface area contributed by atoms with Crippen LogP contribution in [0.1, 0.15) is 56.7 Å². The number of hydrogen-bond acceptors (Lipinski definition) is 2. The van der Waals surface area contributed by atoms with Crippen LogP contribution in [0.4, 0.5) is 0 Å². The van der Waals surface area contributed by atoms with E-state index < -0.39 is 0 Å². The summed E-state index contributed by atoms with van der Waals surface area (Å²) in [5.41, 5.74) is 2.91. The van der Waals surface area contributed by atoms with Crippen molar-refractivity contribution in [1.29, 1.82) is 0 Å². The first-order valence-electron chi connectivity index (χ1n) is 8.24. The Morgan fingerprint density at radius 2 is 2.10 bits per heavy atom. The van der Waals surface area contributed by atoms with Crippen molar-refractivity contribution >= 4 is 0 Å². The van der Waals surface area contributed by atoms with Crippen molar-refractivity contribution in [2.24, 2.45) is 5.92 Å². The summed E-state index contributed by atoms with van der Waals surface area (Å²) in [5.74, 6) is 0.829. The maximum Gasteiger partial charge on any atom is 0.0813 e. The summed E-state index contributed by atoms with van der Waals surface area (Å²) >= 11 is 0. The summed E-state index contributed by atoms with van der Waals surface area (Å²) < 4.78 is 6.51. The van der Waals surface area contributed by atoms with Crippen LogP contribution in [-0.4, -0.2) is 18.8 Å². The minimum Gasteiger partial charge on any atom is -0.373 e. The number of hydrogen-bond donors (Lipinski definition) is 1. The van der Waals surface area contributed by atoms with Gasteiger partial charge in [0.05, 0.1) is 18.2 Å². The number of nitrogens with one attached hydrogen (secondary N) is 1. The molecule has 3 rings (SSSR count). The number of likely N-dealkylation sites (N-methyl/N-ethyl adjacent to an activating group) is 1. The molecule has 1 N–H and O–H groups in total. The van der Waals surface area contributed by atoms with E-state index in [1.165, 1.54) is 36.8 Å². The van der Waals surface area contributed by atoms with Gasteiger partial charge < -0.3 is 10.1 Å². The SMILES string of the molecule is CCNC1c2ccccc2CC1OC1CCCC(C)C1. The van der Waals surface area contributed by atoms with Crippen LogP contribution in [0, 0.1) is 5.92 Å². The molecule has 1 aromatic rings. The van der Waals surface area contributed by atoms with Crippen molar-refractivity contribution in [3.63, 3.8) is 0 Å². The monoisotopic (exact) mass is 273 g/mol. The average molecular weight is 273 g/mol. The maximum absolute atomic E-state index is 6.51. The molecule has 0 radical (unpaired) electrons. The normalized spacial score (nSPS) is 33.1. The van der Waals surface area contributed by atoms with Gasteiger partial charge in [0, 0.05) is 6.42 Å². The second-order valence-corrected chi connectivity index (χ2v) is 6.51. The molecule has 110 valence electrons. The molecule has 4 atom stereocenters. The third-order valence-electron chi connectivity index (χ3n) is 4.86. The van der Waals surface area contributed by atoms with E-state index in [0.717, 1.165) is 18.9 Å². The number of ether oxygens (including phenoxy) is 1. The molecule has 2 aliphatic carbocycles. The van der Waals surface area contributed by atoms with E-state index in [0.29, 0.717) is 18.2 Å². The fourth-order valence-electron chi connectivity index (χ4n) is 3.90. The Bertz CT molecular complexity index is 445. The van der Waals surface area contributed by atoms with Gasteiger partial charge >= 0.3 is 0 Å². The zero-order chi connectivity index (χ0) is 13.9. The molecule has 0 bridgehead atoms. The summed E-state index contributed by atoms with van der Waals surface area (Å²) in [6.45, 7) is 5.54. The van der Waals surface area contributed by atoms with Gasteiger partial charge in [0.2, 0.25) is 0 Å². The highest BCUT2D eigenvalue weighted by atomic mass is 16.5. The van der Waals surface area contributed by atoms with Crippen LogP contribution < -0.4 is 5.32 Å². The minimum absolute atomic E-state index is 0.322. The lowest BCUT2D eigenvalue weighted by molar-refractivity contribution is -0.0490. The maximum atomic E-state index is 6.51. The van der Waals surface area contributed by atoms with E-state index in [2.05, 4.69) is 43.4 Å². The van der Waals surface area contributed by atoms with E-state index in [-0.39, 0.29) is 0 Å². The van der Waals surface area contributed by atoms with Crippen molar-refractivity contribution < 1.29 is 4.74 Å². The third-order valence-corrected chi connectivity index (χ3v) is 4.86. The highest BCUT2D eigenvalue weighted by molar-refractivity contribution is 5.36. The van der Waals surface area contributed by atoms with Crippen LogP contribution in [0.3, 0.4) is 0 Å². The van der Waals surface area contributed by atoms with Crippen molar-refractivity contribution in [1.82, 2.24) is 5.32 Å². The Balaban J connectivity index is 1.70. The standard InChI is InChI=1S/C18H27NO/c1-3-19-18-16-10-5-4-8-14(16)12-17(18)20-15-9-6-7-13(2)11-15/h4-5,8,10,13,15,17-19H,3,6-7,9,11-12H2,1-2H3. The van der Waals surface area contributed by atoms with E-state index in [1.807, 2.05) is 0 Å². The summed E-state index contributed by atoms with van der Waals surface area (Å²) in [6, 6.07) is 9.19. The first kappa shape index (κ1) is 14.1. The molecule has 0 aromatic heterocycles. The van der Waals surface area contributed by atoms with Crippen LogP contribution in [0.15, 0.2) is 24.3 Å². The molecule has 0 spiro atoms. The molecule has 2 nitrogen and oxygen atoms in total. The van der Waals surface area contributed by atoms with Crippen LogP contribution >= 0.6 is 0 Å². The van der Waals surface area contributed by atoms with Gasteiger partial charge in [-0.05, 0) is 36.4 Å². The average Bonchev–Trinajstić information content (AvgIpc) is 2.77. The van der Waals surface area contributed by atoms with Crippen LogP contribution in [0.25, 0.3) is 0 Å². The molecule has 2 heteroatoms. The van der Waals surface area contributed by atoms with Crippen LogP contribution in [0.5, 0.6) is 0 Å². The van der Waals surface area contributed by atoms with Crippen molar-refractivity contribution in [3.8, 4) is 0 Å². The lowest BCUT2D eigenvalue weighted by Crippen LogP contribution is -2.35. The molecule has 1 aromatic carbocycles. The first-order chi connectivity index (χ1) is 9.78. The van der Waals surface area contributed by atoms with Gasteiger partial charge in [0.15, 0.2) is 0 Å². The van der Waals surface area contributed by atoms with Gasteiger partial charge in [-0.2, -0.15) is 0 Å². The smallest absolute Gasteiger partial charge is 0.0813 e. The minimum atomic E-state index is 0.322. The van der Waals surface area contributed by atoms with E-state index in [1.54, 1.807) is 0 Å². The predicted molar refractivity (Wildman–Crippen MR) is 82.9 cm³/mol. The quantitative estimate of drug-likeness (QED) is 0.899. The summed E-state index contributed by atoms with van der Waals surface area (Å²) in [5, 5.41) is 3.63. The summed E-state index contributed by atoms with van der Waals surface area (Å²) in [4.78, 5) is 0. The molecule has 1 saturated carbocycles. The fourth-order valence-corrected chi connectivity index (χ4v) is 3.90. The largest absolute Gasteiger partial charge is 0.373 e. The van der Waals surface area contributed by atoms with E-state index in [4.69, 9.17) is 4.74 Å². The Kier molecular flexibility index (Phi) is 4.42. The lowest BCUT2D eigenvalue weighted by atomic mass is 9.88. The summed E-state index contributed by atoms with van der Waals surface area (Å²) in [6.07, 6.45) is 7.06. The number of benzene rings is 1. The Morgan fingerprint density at radius 1 is 1.25 bits per heavy atom. The zero-order valence-corrected chi connectivity index (χ0v) is 12.8. The second-order valence-electron chi connectivity index (χ2n) is 6.51. The molecule has 1 fully saturated rings. The molecule has 0 amide bonds. The van der Waals surface area contributed by atoms with Gasteiger partial charge in [-0.15, -0.1) is 0 Å². The molecule has 2 aliphatic rings. The molecule has 0 heterocycles. The molecule has 4 unspecified atom stereocenters. The molecular weight excluding hydrogens is 246 g/mol. The number of rotatable bonds is 4. The lowest BCUT2D eigenvalue weighted by Gasteiger charge is -2.31. The molecular formula is C18H27NO.